The molecular weight excluding hydrogens is 276 g/mol. The van der Waals surface area contributed by atoms with Crippen LogP contribution in [0, 0.1) is 11.8 Å². The molecule has 0 bridgehead atoms. The Kier molecular flexibility index (Phi) is 7.37. The topological polar surface area (TPSA) is 49.7 Å². The fraction of sp³-hybridized carbons (Fsp3) is 0.684. The molecule has 0 saturated heterocycles. The van der Waals surface area contributed by atoms with Crippen molar-refractivity contribution in [3.8, 4) is 0 Å². The Morgan fingerprint density at radius 3 is 2.64 bits per heavy atom. The van der Waals surface area contributed by atoms with E-state index in [0.29, 0.717) is 18.3 Å². The molecule has 22 heavy (non-hydrogen) atoms. The molecule has 1 aliphatic rings. The van der Waals surface area contributed by atoms with Crippen LogP contribution in [0.15, 0.2) is 30.3 Å². The maximum Gasteiger partial charge on any atom is 0.154 e. The minimum absolute atomic E-state index is 0.192. The van der Waals surface area contributed by atoms with E-state index >= 15 is 0 Å². The second kappa shape index (κ2) is 9.29. The van der Waals surface area contributed by atoms with Crippen molar-refractivity contribution in [2.45, 2.75) is 63.8 Å². The molecule has 4 unspecified atom stereocenters. The lowest BCUT2D eigenvalue weighted by Gasteiger charge is -2.23. The summed E-state index contributed by atoms with van der Waals surface area (Å²) < 4.78 is 4.96. The van der Waals surface area contributed by atoms with E-state index in [4.69, 9.17) is 4.74 Å². The van der Waals surface area contributed by atoms with E-state index in [0.717, 1.165) is 32.1 Å². The third-order valence-corrected chi connectivity index (χ3v) is 5.06. The van der Waals surface area contributed by atoms with Crippen LogP contribution in [-0.4, -0.2) is 29.7 Å². The molecular formula is C19H30O3. The summed E-state index contributed by atoms with van der Waals surface area (Å²) in [4.78, 5) is 0. The van der Waals surface area contributed by atoms with E-state index in [2.05, 4.69) is 30.3 Å². The quantitative estimate of drug-likeness (QED) is 0.542. The van der Waals surface area contributed by atoms with Gasteiger partial charge in [0.15, 0.2) is 6.29 Å². The van der Waals surface area contributed by atoms with Gasteiger partial charge in [0.05, 0.1) is 6.10 Å². The first-order chi connectivity index (χ1) is 10.7. The first kappa shape index (κ1) is 17.5. The van der Waals surface area contributed by atoms with Gasteiger partial charge in [0, 0.05) is 13.5 Å². The summed E-state index contributed by atoms with van der Waals surface area (Å²) in [5, 5.41) is 19.8. The molecule has 1 fully saturated rings. The monoisotopic (exact) mass is 306 g/mol. The lowest BCUT2D eigenvalue weighted by molar-refractivity contribution is -0.0917. The van der Waals surface area contributed by atoms with Gasteiger partial charge in [-0.15, -0.1) is 0 Å². The highest BCUT2D eigenvalue weighted by atomic mass is 16.6. The van der Waals surface area contributed by atoms with Gasteiger partial charge in [0.1, 0.15) is 0 Å². The van der Waals surface area contributed by atoms with Gasteiger partial charge in [-0.05, 0) is 49.5 Å². The molecule has 0 radical (unpaired) electrons. The summed E-state index contributed by atoms with van der Waals surface area (Å²) in [6.07, 6.45) is 7.44. The summed E-state index contributed by atoms with van der Waals surface area (Å²) in [7, 11) is 1.54. The van der Waals surface area contributed by atoms with Gasteiger partial charge in [-0.1, -0.05) is 43.2 Å². The highest BCUT2D eigenvalue weighted by molar-refractivity contribution is 5.14. The van der Waals surface area contributed by atoms with E-state index in [-0.39, 0.29) is 6.10 Å². The molecule has 3 heteroatoms. The molecule has 0 spiro atoms. The number of hydrogen-bond acceptors (Lipinski definition) is 3. The van der Waals surface area contributed by atoms with Crippen molar-refractivity contribution in [2.24, 2.45) is 11.8 Å². The SMILES string of the molecule is COC(O)CC1CCC(O)C1CCCCCc1ccccc1. The van der Waals surface area contributed by atoms with Gasteiger partial charge in [-0.2, -0.15) is 0 Å². The highest BCUT2D eigenvalue weighted by Crippen LogP contribution is 2.38. The van der Waals surface area contributed by atoms with Crippen molar-refractivity contribution in [2.75, 3.05) is 7.11 Å². The van der Waals surface area contributed by atoms with Crippen molar-refractivity contribution < 1.29 is 14.9 Å². The second-order valence-corrected chi connectivity index (χ2v) is 6.58. The van der Waals surface area contributed by atoms with Crippen LogP contribution in [0.5, 0.6) is 0 Å². The molecule has 124 valence electrons. The summed E-state index contributed by atoms with van der Waals surface area (Å²) in [5.41, 5.74) is 1.41. The van der Waals surface area contributed by atoms with Crippen LogP contribution in [0.2, 0.25) is 0 Å². The molecule has 0 aromatic heterocycles. The lowest BCUT2D eigenvalue weighted by Crippen LogP contribution is -2.23. The summed E-state index contributed by atoms with van der Waals surface area (Å²) >= 11 is 0. The van der Waals surface area contributed by atoms with Gasteiger partial charge in [-0.3, -0.25) is 0 Å². The summed E-state index contributed by atoms with van der Waals surface area (Å²) in [6, 6.07) is 10.6. The van der Waals surface area contributed by atoms with Gasteiger partial charge in [-0.25, -0.2) is 0 Å². The molecule has 2 rings (SSSR count). The van der Waals surface area contributed by atoms with Crippen LogP contribution in [-0.2, 0) is 11.2 Å². The zero-order chi connectivity index (χ0) is 15.8. The standard InChI is InChI=1S/C19H30O3/c1-22-19(21)14-16-12-13-18(20)17(16)11-7-3-6-10-15-8-4-2-5-9-15/h2,4-5,8-9,16-21H,3,6-7,10-14H2,1H3. The van der Waals surface area contributed by atoms with Crippen molar-refractivity contribution in [3.63, 3.8) is 0 Å². The Hall–Kier alpha value is -0.900. The minimum atomic E-state index is -0.684. The Bertz CT molecular complexity index is 406. The first-order valence-corrected chi connectivity index (χ1v) is 8.63. The molecule has 1 aromatic rings. The van der Waals surface area contributed by atoms with E-state index < -0.39 is 6.29 Å². The predicted octanol–water partition coefficient (Wildman–Crippen LogP) is 3.53. The number of methoxy groups -OCH3 is 1. The fourth-order valence-corrected chi connectivity index (χ4v) is 3.73. The third-order valence-electron chi connectivity index (χ3n) is 5.06. The molecule has 1 saturated carbocycles. The van der Waals surface area contributed by atoms with Crippen LogP contribution >= 0.6 is 0 Å². The van der Waals surface area contributed by atoms with E-state index in [9.17, 15) is 10.2 Å². The van der Waals surface area contributed by atoms with Crippen LogP contribution < -0.4 is 0 Å². The fourth-order valence-electron chi connectivity index (χ4n) is 3.73. The predicted molar refractivity (Wildman–Crippen MR) is 88.5 cm³/mol. The van der Waals surface area contributed by atoms with Gasteiger partial charge < -0.3 is 14.9 Å². The van der Waals surface area contributed by atoms with Crippen molar-refractivity contribution in [1.29, 1.82) is 0 Å². The molecule has 0 aliphatic heterocycles. The first-order valence-electron chi connectivity index (χ1n) is 8.63. The number of hydrogen-bond donors (Lipinski definition) is 2. The Morgan fingerprint density at radius 2 is 1.91 bits per heavy atom. The van der Waals surface area contributed by atoms with Gasteiger partial charge >= 0.3 is 0 Å². The zero-order valence-corrected chi connectivity index (χ0v) is 13.7. The average Bonchev–Trinajstić information content (AvgIpc) is 2.88. The Balaban J connectivity index is 1.66. The number of unbranched alkanes of at least 4 members (excludes halogenated alkanes) is 2. The molecule has 4 atom stereocenters. The van der Waals surface area contributed by atoms with Crippen LogP contribution in [0.4, 0.5) is 0 Å². The smallest absolute Gasteiger partial charge is 0.154 e. The van der Waals surface area contributed by atoms with Crippen molar-refractivity contribution in [1.82, 2.24) is 0 Å². The van der Waals surface area contributed by atoms with Gasteiger partial charge in [0.25, 0.3) is 0 Å². The Labute approximate surface area is 134 Å². The Morgan fingerprint density at radius 1 is 1.14 bits per heavy atom. The maximum absolute atomic E-state index is 10.2. The normalized spacial score (nSPS) is 26.2. The summed E-state index contributed by atoms with van der Waals surface area (Å²) in [6.45, 7) is 0. The number of ether oxygens (including phenoxy) is 1. The number of aliphatic hydroxyl groups is 2. The minimum Gasteiger partial charge on any atom is -0.393 e. The van der Waals surface area contributed by atoms with Crippen molar-refractivity contribution >= 4 is 0 Å². The average molecular weight is 306 g/mol. The molecule has 1 aliphatic carbocycles. The number of rotatable bonds is 9. The molecule has 0 amide bonds. The highest BCUT2D eigenvalue weighted by Gasteiger charge is 2.35. The van der Waals surface area contributed by atoms with E-state index in [1.54, 1.807) is 0 Å². The number of aryl methyl sites for hydroxylation is 1. The maximum atomic E-state index is 10.2. The van der Waals surface area contributed by atoms with Crippen molar-refractivity contribution in [3.05, 3.63) is 35.9 Å². The van der Waals surface area contributed by atoms with E-state index in [1.807, 2.05) is 0 Å². The molecule has 1 aromatic carbocycles. The van der Waals surface area contributed by atoms with Crippen LogP contribution in [0.3, 0.4) is 0 Å². The largest absolute Gasteiger partial charge is 0.393 e. The molecule has 2 N–H and O–H groups in total. The zero-order valence-electron chi connectivity index (χ0n) is 13.7. The second-order valence-electron chi connectivity index (χ2n) is 6.58. The van der Waals surface area contributed by atoms with E-state index in [1.165, 1.54) is 25.5 Å². The molecule has 3 nitrogen and oxygen atoms in total. The number of benzene rings is 1. The molecule has 0 heterocycles. The van der Waals surface area contributed by atoms with Crippen LogP contribution in [0.25, 0.3) is 0 Å². The number of aliphatic hydroxyl groups excluding tert-OH is 2. The summed E-state index contributed by atoms with van der Waals surface area (Å²) in [5.74, 6) is 0.737. The third kappa shape index (κ3) is 5.38. The lowest BCUT2D eigenvalue weighted by atomic mass is 9.87. The van der Waals surface area contributed by atoms with Crippen LogP contribution in [0.1, 0.15) is 50.5 Å². The van der Waals surface area contributed by atoms with Gasteiger partial charge in [0.2, 0.25) is 0 Å².